The molecule has 1 fully saturated rings. The third-order valence-corrected chi connectivity index (χ3v) is 6.83. The van der Waals surface area contributed by atoms with Crippen LogP contribution in [-0.4, -0.2) is 38.9 Å². The van der Waals surface area contributed by atoms with Gasteiger partial charge in [-0.1, -0.05) is 6.92 Å². The quantitative estimate of drug-likeness (QED) is 0.931. The zero-order valence-electron chi connectivity index (χ0n) is 13.5. The molecule has 0 unspecified atom stereocenters. The Kier molecular flexibility index (Phi) is 4.55. The van der Waals surface area contributed by atoms with Crippen LogP contribution in [0.1, 0.15) is 25.3 Å². The van der Waals surface area contributed by atoms with Gasteiger partial charge in [-0.05, 0) is 43.0 Å². The van der Waals surface area contributed by atoms with Crippen molar-refractivity contribution in [3.8, 4) is 0 Å². The van der Waals surface area contributed by atoms with Crippen LogP contribution >= 0.6 is 0 Å². The largest absolute Gasteiger partial charge is 0.388 e. The summed E-state index contributed by atoms with van der Waals surface area (Å²) >= 11 is 0. The van der Waals surface area contributed by atoms with Crippen molar-refractivity contribution in [2.75, 3.05) is 25.6 Å². The maximum Gasteiger partial charge on any atom is 0.181 e. The van der Waals surface area contributed by atoms with E-state index in [1.54, 1.807) is 12.3 Å². The lowest BCUT2D eigenvalue weighted by molar-refractivity contribution is 0.0983. The zero-order valence-corrected chi connectivity index (χ0v) is 14.3. The van der Waals surface area contributed by atoms with Crippen LogP contribution in [0.25, 0.3) is 10.9 Å². The molecule has 3 rings (SSSR count). The van der Waals surface area contributed by atoms with Gasteiger partial charge in [-0.15, -0.1) is 0 Å². The molecule has 0 radical (unpaired) electrons. The topological polar surface area (TPSA) is 68.3 Å². The van der Waals surface area contributed by atoms with Crippen LogP contribution < -0.4 is 5.32 Å². The first-order valence-electron chi connectivity index (χ1n) is 7.99. The van der Waals surface area contributed by atoms with Crippen LogP contribution in [0.15, 0.2) is 29.3 Å². The minimum absolute atomic E-state index is 0.353. The van der Waals surface area contributed by atoms with E-state index in [0.29, 0.717) is 37.4 Å². The average molecular weight is 334 g/mol. The highest BCUT2D eigenvalue weighted by molar-refractivity contribution is 7.92. The first kappa shape index (κ1) is 16.2. The Morgan fingerprint density at radius 1 is 1.30 bits per heavy atom. The monoisotopic (exact) mass is 334 g/mol. The Morgan fingerprint density at radius 2 is 2.04 bits per heavy atom. The van der Waals surface area contributed by atoms with Gasteiger partial charge in [-0.2, -0.15) is 0 Å². The molecule has 1 N–H and O–H groups in total. The molecule has 6 heteroatoms. The van der Waals surface area contributed by atoms with E-state index >= 15 is 0 Å². The van der Waals surface area contributed by atoms with Crippen molar-refractivity contribution in [1.29, 1.82) is 0 Å². The highest BCUT2D eigenvalue weighted by Gasteiger charge is 2.31. The molecule has 0 atom stereocenters. The number of pyridine rings is 1. The molecule has 23 heavy (non-hydrogen) atoms. The third kappa shape index (κ3) is 2.93. The highest BCUT2D eigenvalue weighted by Crippen LogP contribution is 2.32. The second-order valence-electron chi connectivity index (χ2n) is 5.80. The molecule has 0 spiro atoms. The Hall–Kier alpha value is -1.66. The number of aryl methyl sites for hydroxylation is 1. The lowest BCUT2D eigenvalue weighted by Crippen LogP contribution is -2.29. The summed E-state index contributed by atoms with van der Waals surface area (Å²) in [5.41, 5.74) is 2.55. The molecule has 0 saturated carbocycles. The van der Waals surface area contributed by atoms with E-state index < -0.39 is 9.84 Å². The first-order valence-corrected chi connectivity index (χ1v) is 9.53. The van der Waals surface area contributed by atoms with Crippen LogP contribution in [0.5, 0.6) is 0 Å². The summed E-state index contributed by atoms with van der Waals surface area (Å²) in [6.45, 7) is 3.01. The van der Waals surface area contributed by atoms with Crippen LogP contribution in [-0.2, 0) is 21.0 Å². The van der Waals surface area contributed by atoms with E-state index in [9.17, 15) is 8.42 Å². The van der Waals surface area contributed by atoms with Gasteiger partial charge in [0.1, 0.15) is 0 Å². The Labute approximate surface area is 137 Å². The van der Waals surface area contributed by atoms with Gasteiger partial charge >= 0.3 is 0 Å². The fourth-order valence-electron chi connectivity index (χ4n) is 3.14. The van der Waals surface area contributed by atoms with Crippen LogP contribution in [0.2, 0.25) is 0 Å². The van der Waals surface area contributed by atoms with Gasteiger partial charge in [-0.25, -0.2) is 8.42 Å². The Morgan fingerprint density at radius 3 is 2.70 bits per heavy atom. The molecule has 124 valence electrons. The summed E-state index contributed by atoms with van der Waals surface area (Å²) in [6, 6.07) is 5.55. The van der Waals surface area contributed by atoms with E-state index in [-0.39, 0.29) is 5.25 Å². The number of benzene rings is 1. The molecule has 1 aliphatic rings. The zero-order chi connectivity index (χ0) is 16.4. The minimum Gasteiger partial charge on any atom is -0.388 e. The van der Waals surface area contributed by atoms with Crippen molar-refractivity contribution in [3.05, 3.63) is 30.0 Å². The standard InChI is InChI=1S/C17H22N2O3S/c1-3-12-10-16-14(15(18-2)4-7-19-16)11-17(12)23(20,21)13-5-8-22-9-6-13/h4,7,10-11,13H,3,5-6,8-9H2,1-2H3,(H,18,19). The summed E-state index contributed by atoms with van der Waals surface area (Å²) in [6.07, 6.45) is 3.53. The van der Waals surface area contributed by atoms with Crippen molar-refractivity contribution in [2.24, 2.45) is 0 Å². The van der Waals surface area contributed by atoms with Crippen molar-refractivity contribution in [1.82, 2.24) is 4.98 Å². The summed E-state index contributed by atoms with van der Waals surface area (Å²) in [4.78, 5) is 4.83. The van der Waals surface area contributed by atoms with Gasteiger partial charge in [-0.3, -0.25) is 4.98 Å². The van der Waals surface area contributed by atoms with E-state index in [1.807, 2.05) is 26.1 Å². The number of aromatic nitrogens is 1. The fourth-order valence-corrected chi connectivity index (χ4v) is 5.16. The fraction of sp³-hybridized carbons (Fsp3) is 0.471. The predicted octanol–water partition coefficient (Wildman–Crippen LogP) is 2.79. The van der Waals surface area contributed by atoms with Crippen LogP contribution in [0.4, 0.5) is 5.69 Å². The summed E-state index contributed by atoms with van der Waals surface area (Å²) in [5, 5.41) is 3.60. The normalized spacial score (nSPS) is 16.6. The molecular formula is C17H22N2O3S. The highest BCUT2D eigenvalue weighted by atomic mass is 32.2. The smallest absolute Gasteiger partial charge is 0.181 e. The number of hydrogen-bond donors (Lipinski definition) is 1. The van der Waals surface area contributed by atoms with Crippen molar-refractivity contribution >= 4 is 26.4 Å². The van der Waals surface area contributed by atoms with Gasteiger partial charge in [0.15, 0.2) is 9.84 Å². The van der Waals surface area contributed by atoms with E-state index in [1.165, 1.54) is 0 Å². The van der Waals surface area contributed by atoms with E-state index in [2.05, 4.69) is 10.3 Å². The predicted molar refractivity (Wildman–Crippen MR) is 91.7 cm³/mol. The van der Waals surface area contributed by atoms with Gasteiger partial charge in [0, 0.05) is 37.5 Å². The number of sulfone groups is 1. The number of nitrogens with one attached hydrogen (secondary N) is 1. The summed E-state index contributed by atoms with van der Waals surface area (Å²) < 4.78 is 31.5. The minimum atomic E-state index is -3.36. The molecule has 1 saturated heterocycles. The van der Waals surface area contributed by atoms with E-state index in [4.69, 9.17) is 4.74 Å². The number of ether oxygens (including phenoxy) is 1. The molecular weight excluding hydrogens is 312 g/mol. The SMILES string of the molecule is CCc1cc2nccc(NC)c2cc1S(=O)(=O)C1CCOCC1. The van der Waals surface area contributed by atoms with Gasteiger partial charge in [0.05, 0.1) is 15.7 Å². The molecule has 0 amide bonds. The second-order valence-corrected chi connectivity index (χ2v) is 7.99. The number of anilines is 1. The van der Waals surface area contributed by atoms with Gasteiger partial charge in [0.25, 0.3) is 0 Å². The molecule has 1 aromatic heterocycles. The molecule has 0 bridgehead atoms. The third-order valence-electron chi connectivity index (χ3n) is 4.49. The number of fused-ring (bicyclic) bond motifs is 1. The number of hydrogen-bond acceptors (Lipinski definition) is 5. The first-order chi connectivity index (χ1) is 11.1. The van der Waals surface area contributed by atoms with Crippen LogP contribution in [0, 0.1) is 0 Å². The van der Waals surface area contributed by atoms with Gasteiger partial charge in [0.2, 0.25) is 0 Å². The lowest BCUT2D eigenvalue weighted by atomic mass is 10.1. The van der Waals surface area contributed by atoms with Crippen molar-refractivity contribution in [2.45, 2.75) is 36.3 Å². The van der Waals surface area contributed by atoms with Crippen molar-refractivity contribution in [3.63, 3.8) is 0 Å². The maximum absolute atomic E-state index is 13.1. The number of rotatable bonds is 4. The molecule has 5 nitrogen and oxygen atoms in total. The average Bonchev–Trinajstić information content (AvgIpc) is 2.60. The molecule has 0 aliphatic carbocycles. The number of nitrogens with zero attached hydrogens (tertiary/aromatic N) is 1. The molecule has 1 aromatic carbocycles. The molecule has 2 heterocycles. The maximum atomic E-state index is 13.1. The summed E-state index contributed by atoms with van der Waals surface area (Å²) in [7, 11) is -1.53. The lowest BCUT2D eigenvalue weighted by Gasteiger charge is -2.23. The molecule has 2 aromatic rings. The Bertz CT molecular complexity index is 812. The van der Waals surface area contributed by atoms with Crippen molar-refractivity contribution < 1.29 is 13.2 Å². The van der Waals surface area contributed by atoms with E-state index in [0.717, 1.165) is 22.2 Å². The Balaban J connectivity index is 2.18. The second kappa shape index (κ2) is 6.45. The van der Waals surface area contributed by atoms with Crippen LogP contribution in [0.3, 0.4) is 0 Å². The summed E-state index contributed by atoms with van der Waals surface area (Å²) in [5.74, 6) is 0. The molecule has 1 aliphatic heterocycles. The van der Waals surface area contributed by atoms with Gasteiger partial charge < -0.3 is 10.1 Å².